The molecule has 0 aliphatic heterocycles. The highest BCUT2D eigenvalue weighted by molar-refractivity contribution is 5.88. The zero-order chi connectivity index (χ0) is 17.4. The molecular weight excluding hydrogens is 318 g/mol. The molecule has 0 unspecified atom stereocenters. The maximum atomic E-state index is 12.1. The Morgan fingerprint density at radius 1 is 1.05 bits per heavy atom. The van der Waals surface area contributed by atoms with Crippen molar-refractivity contribution in [1.82, 2.24) is 5.32 Å². The van der Waals surface area contributed by atoms with Gasteiger partial charge in [-0.15, -0.1) is 0 Å². The first-order valence-corrected chi connectivity index (χ1v) is 5.97. The van der Waals surface area contributed by atoms with Crippen molar-refractivity contribution in [2.24, 2.45) is 4.99 Å². The van der Waals surface area contributed by atoms with E-state index in [0.29, 0.717) is 0 Å². The lowest BCUT2D eigenvalue weighted by atomic mass is 10.4. The van der Waals surface area contributed by atoms with Crippen LogP contribution in [0.1, 0.15) is 13.8 Å². The van der Waals surface area contributed by atoms with Gasteiger partial charge in [-0.25, -0.2) is 0 Å². The average Bonchev–Trinajstić information content (AvgIpc) is 2.37. The quantitative estimate of drug-likeness (QED) is 0.350. The fourth-order valence-corrected chi connectivity index (χ4v) is 1.06. The summed E-state index contributed by atoms with van der Waals surface area (Å²) in [7, 11) is 1.47. The number of aliphatic imine (C=N–C) groups is 1. The Hall–Kier alpha value is -1.87. The van der Waals surface area contributed by atoms with E-state index in [2.05, 4.69) is 19.8 Å². The van der Waals surface area contributed by atoms with E-state index in [4.69, 9.17) is 0 Å². The summed E-state index contributed by atoms with van der Waals surface area (Å²) in [5.41, 5.74) is 0. The second kappa shape index (κ2) is 8.54. The van der Waals surface area contributed by atoms with Gasteiger partial charge in [0.05, 0.1) is 5.76 Å². The third-order valence-corrected chi connectivity index (χ3v) is 1.93. The van der Waals surface area contributed by atoms with Gasteiger partial charge in [-0.3, -0.25) is 0 Å². The summed E-state index contributed by atoms with van der Waals surface area (Å²) < 4.78 is 81.3. The first-order valence-electron chi connectivity index (χ1n) is 5.97. The van der Waals surface area contributed by atoms with Gasteiger partial charge in [0.1, 0.15) is 5.82 Å². The molecule has 0 aliphatic rings. The van der Waals surface area contributed by atoms with Crippen LogP contribution in [-0.4, -0.2) is 38.5 Å². The molecule has 0 heterocycles. The highest BCUT2D eigenvalue weighted by Gasteiger charge is 2.30. The van der Waals surface area contributed by atoms with Crippen molar-refractivity contribution >= 4 is 5.90 Å². The monoisotopic (exact) mass is 334 g/mol. The smallest absolute Gasteiger partial charge is 0.422 e. The second-order valence-corrected chi connectivity index (χ2v) is 3.94. The SMILES string of the molecule is C/C=C(/N=C(\C=C(/C)OCC(F)(F)F)OCC(F)(F)F)NC. The van der Waals surface area contributed by atoms with Crippen LogP contribution in [-0.2, 0) is 9.47 Å². The largest absolute Gasteiger partial charge is 0.489 e. The lowest BCUT2D eigenvalue weighted by molar-refractivity contribution is -0.164. The summed E-state index contributed by atoms with van der Waals surface area (Å²) in [5, 5.41) is 2.57. The van der Waals surface area contributed by atoms with E-state index in [1.165, 1.54) is 13.1 Å². The van der Waals surface area contributed by atoms with Crippen LogP contribution in [0.2, 0.25) is 0 Å². The van der Waals surface area contributed by atoms with Gasteiger partial charge < -0.3 is 14.8 Å². The molecule has 0 radical (unpaired) electrons. The molecule has 128 valence electrons. The van der Waals surface area contributed by atoms with Gasteiger partial charge in [0.15, 0.2) is 13.2 Å². The molecule has 22 heavy (non-hydrogen) atoms. The van der Waals surface area contributed by atoms with Gasteiger partial charge >= 0.3 is 12.4 Å². The molecule has 0 aromatic heterocycles. The van der Waals surface area contributed by atoms with Gasteiger partial charge in [0, 0.05) is 13.1 Å². The third-order valence-electron chi connectivity index (χ3n) is 1.93. The number of rotatable bonds is 6. The molecule has 0 rings (SSSR count). The van der Waals surface area contributed by atoms with Crippen molar-refractivity contribution in [3.63, 3.8) is 0 Å². The lowest BCUT2D eigenvalue weighted by Crippen LogP contribution is -2.21. The Morgan fingerprint density at radius 2 is 1.55 bits per heavy atom. The van der Waals surface area contributed by atoms with E-state index in [0.717, 1.165) is 13.0 Å². The summed E-state index contributed by atoms with van der Waals surface area (Å²) in [6.07, 6.45) is -6.88. The van der Waals surface area contributed by atoms with Crippen molar-refractivity contribution in [2.45, 2.75) is 26.2 Å². The van der Waals surface area contributed by atoms with Crippen LogP contribution in [0.15, 0.2) is 28.7 Å². The topological polar surface area (TPSA) is 42.9 Å². The van der Waals surface area contributed by atoms with Crippen LogP contribution in [0, 0.1) is 0 Å². The number of allylic oxidation sites excluding steroid dienone is 2. The van der Waals surface area contributed by atoms with E-state index < -0.39 is 31.5 Å². The number of hydrogen-bond acceptors (Lipinski definition) is 4. The Bertz CT molecular complexity index is 438. The maximum Gasteiger partial charge on any atom is 0.422 e. The zero-order valence-corrected chi connectivity index (χ0v) is 12.1. The van der Waals surface area contributed by atoms with E-state index in [1.54, 1.807) is 6.92 Å². The Labute approximate surface area is 123 Å². The molecule has 1 N–H and O–H groups in total. The van der Waals surface area contributed by atoms with Gasteiger partial charge in [0.2, 0.25) is 5.90 Å². The van der Waals surface area contributed by atoms with Crippen LogP contribution in [0.3, 0.4) is 0 Å². The Balaban J connectivity index is 5.06. The molecule has 4 nitrogen and oxygen atoms in total. The van der Waals surface area contributed by atoms with Crippen LogP contribution in [0.5, 0.6) is 0 Å². The van der Waals surface area contributed by atoms with Crippen LogP contribution in [0.25, 0.3) is 0 Å². The molecule has 0 saturated carbocycles. The summed E-state index contributed by atoms with van der Waals surface area (Å²) in [6.45, 7) is -0.486. The number of hydrogen-bond donors (Lipinski definition) is 1. The normalized spacial score (nSPS) is 14.9. The van der Waals surface area contributed by atoms with E-state index in [1.807, 2.05) is 0 Å². The van der Waals surface area contributed by atoms with E-state index in [-0.39, 0.29) is 11.6 Å². The highest BCUT2D eigenvalue weighted by Crippen LogP contribution is 2.17. The Morgan fingerprint density at radius 3 is 1.95 bits per heavy atom. The van der Waals surface area contributed by atoms with Crippen LogP contribution >= 0.6 is 0 Å². The summed E-state index contributed by atoms with van der Waals surface area (Å²) in [5.74, 6) is -0.638. The van der Waals surface area contributed by atoms with Crippen molar-refractivity contribution in [2.75, 3.05) is 20.3 Å². The number of nitrogens with zero attached hydrogens (tertiary/aromatic N) is 1. The predicted molar refractivity (Wildman–Crippen MR) is 68.0 cm³/mol. The van der Waals surface area contributed by atoms with Crippen molar-refractivity contribution < 1.29 is 35.8 Å². The van der Waals surface area contributed by atoms with Gasteiger partial charge in [-0.05, 0) is 19.9 Å². The molecule has 0 fully saturated rings. The standard InChI is InChI=1S/C12H16F6N2O2/c1-4-9(19-3)20-10(22-7-12(16,17)18)5-8(2)21-6-11(13,14)15/h4-5,19H,6-7H2,1-3H3/b8-5+,9-4+,20-10+. The maximum absolute atomic E-state index is 12.1. The summed E-state index contributed by atoms with van der Waals surface area (Å²) in [6, 6.07) is 0. The molecule has 0 aromatic rings. The minimum atomic E-state index is -4.61. The molecule has 0 aliphatic carbocycles. The fourth-order valence-electron chi connectivity index (χ4n) is 1.06. The van der Waals surface area contributed by atoms with Crippen molar-refractivity contribution in [3.8, 4) is 0 Å². The number of ether oxygens (including phenoxy) is 2. The minimum absolute atomic E-state index is 0.178. The summed E-state index contributed by atoms with van der Waals surface area (Å²) >= 11 is 0. The second-order valence-electron chi connectivity index (χ2n) is 3.94. The molecule has 0 atom stereocenters. The molecule has 0 saturated heterocycles. The summed E-state index contributed by atoms with van der Waals surface area (Å²) in [4.78, 5) is 3.71. The molecular formula is C12H16F6N2O2. The van der Waals surface area contributed by atoms with Crippen molar-refractivity contribution in [3.05, 3.63) is 23.7 Å². The lowest BCUT2D eigenvalue weighted by Gasteiger charge is -2.12. The molecule has 0 spiro atoms. The van der Waals surface area contributed by atoms with Gasteiger partial charge in [0.25, 0.3) is 0 Å². The molecule has 0 aromatic carbocycles. The first-order chi connectivity index (χ1) is 9.96. The third kappa shape index (κ3) is 10.9. The molecule has 0 bridgehead atoms. The molecule has 10 heteroatoms. The van der Waals surface area contributed by atoms with Crippen LogP contribution in [0.4, 0.5) is 26.3 Å². The van der Waals surface area contributed by atoms with E-state index in [9.17, 15) is 26.3 Å². The van der Waals surface area contributed by atoms with Gasteiger partial charge in [-0.1, -0.05) is 0 Å². The zero-order valence-electron chi connectivity index (χ0n) is 12.1. The number of alkyl halides is 6. The fraction of sp³-hybridized carbons (Fsp3) is 0.583. The predicted octanol–water partition coefficient (Wildman–Crippen LogP) is 3.53. The van der Waals surface area contributed by atoms with Crippen molar-refractivity contribution in [1.29, 1.82) is 0 Å². The average molecular weight is 334 g/mol. The molecule has 0 amide bonds. The van der Waals surface area contributed by atoms with Gasteiger partial charge in [-0.2, -0.15) is 31.3 Å². The Kier molecular flexibility index (Phi) is 7.82. The van der Waals surface area contributed by atoms with E-state index >= 15 is 0 Å². The minimum Gasteiger partial charge on any atom is -0.489 e. The number of nitrogens with one attached hydrogen (secondary N) is 1. The number of halogens is 6. The van der Waals surface area contributed by atoms with Crippen LogP contribution < -0.4 is 5.32 Å². The first kappa shape index (κ1) is 20.1. The highest BCUT2D eigenvalue weighted by atomic mass is 19.4.